The lowest BCUT2D eigenvalue weighted by molar-refractivity contribution is 0.151. The summed E-state index contributed by atoms with van der Waals surface area (Å²) in [6, 6.07) is 0.697. The molecule has 1 aliphatic rings. The summed E-state index contributed by atoms with van der Waals surface area (Å²) in [4.78, 5) is 0. The van der Waals surface area contributed by atoms with E-state index in [-0.39, 0.29) is 0 Å². The Kier molecular flexibility index (Phi) is 5.07. The van der Waals surface area contributed by atoms with Crippen LogP contribution in [0.3, 0.4) is 0 Å². The zero-order valence-electron chi connectivity index (χ0n) is 10.6. The third-order valence-electron chi connectivity index (χ3n) is 3.40. The first kappa shape index (κ1) is 13.0. The molecule has 0 spiro atoms. The molecule has 15 heavy (non-hydrogen) atoms. The monoisotopic (exact) mass is 213 g/mol. The molecule has 2 N–H and O–H groups in total. The molecular formula is C13H27NO. The summed E-state index contributed by atoms with van der Waals surface area (Å²) in [6.07, 6.45) is 6.02. The molecule has 0 radical (unpaired) electrons. The van der Waals surface area contributed by atoms with E-state index in [1.165, 1.54) is 19.3 Å². The van der Waals surface area contributed by atoms with Gasteiger partial charge in [-0.05, 0) is 50.0 Å². The standard InChI is InChI=1S/C13H27NO/c1-11-8-12(10-13(2,3)9-11)14-6-4-5-7-15/h11-12,14-15H,4-10H2,1-3H3. The molecule has 1 saturated carbocycles. The topological polar surface area (TPSA) is 32.3 Å². The van der Waals surface area contributed by atoms with Crippen LogP contribution in [0.4, 0.5) is 0 Å². The zero-order valence-corrected chi connectivity index (χ0v) is 10.6. The van der Waals surface area contributed by atoms with Gasteiger partial charge in [-0.25, -0.2) is 0 Å². The van der Waals surface area contributed by atoms with Crippen molar-refractivity contribution in [1.82, 2.24) is 5.32 Å². The van der Waals surface area contributed by atoms with Crippen molar-refractivity contribution in [1.29, 1.82) is 0 Å². The summed E-state index contributed by atoms with van der Waals surface area (Å²) in [7, 11) is 0. The molecule has 0 amide bonds. The van der Waals surface area contributed by atoms with Gasteiger partial charge in [0.2, 0.25) is 0 Å². The van der Waals surface area contributed by atoms with Gasteiger partial charge in [-0.2, -0.15) is 0 Å². The number of rotatable bonds is 5. The van der Waals surface area contributed by atoms with Gasteiger partial charge >= 0.3 is 0 Å². The Labute approximate surface area is 94.5 Å². The lowest BCUT2D eigenvalue weighted by Gasteiger charge is -2.39. The number of hydrogen-bond donors (Lipinski definition) is 2. The maximum Gasteiger partial charge on any atom is 0.0431 e. The number of aliphatic hydroxyl groups excluding tert-OH is 1. The van der Waals surface area contributed by atoms with Gasteiger partial charge in [0, 0.05) is 12.6 Å². The summed E-state index contributed by atoms with van der Waals surface area (Å²) >= 11 is 0. The van der Waals surface area contributed by atoms with Crippen molar-refractivity contribution in [2.45, 2.75) is 58.9 Å². The molecule has 1 rings (SSSR count). The maximum absolute atomic E-state index is 8.70. The molecular weight excluding hydrogens is 186 g/mol. The predicted molar refractivity (Wildman–Crippen MR) is 64.9 cm³/mol. The third kappa shape index (κ3) is 4.98. The van der Waals surface area contributed by atoms with Gasteiger partial charge in [-0.1, -0.05) is 20.8 Å². The molecule has 90 valence electrons. The highest BCUT2D eigenvalue weighted by molar-refractivity contribution is 4.86. The molecule has 0 aromatic carbocycles. The third-order valence-corrected chi connectivity index (χ3v) is 3.40. The van der Waals surface area contributed by atoms with E-state index in [0.717, 1.165) is 25.3 Å². The summed E-state index contributed by atoms with van der Waals surface area (Å²) in [5.41, 5.74) is 0.506. The lowest BCUT2D eigenvalue weighted by Crippen LogP contribution is -2.40. The van der Waals surface area contributed by atoms with E-state index >= 15 is 0 Å². The molecule has 2 unspecified atom stereocenters. The van der Waals surface area contributed by atoms with Crippen LogP contribution >= 0.6 is 0 Å². The zero-order chi connectivity index (χ0) is 11.3. The molecule has 1 fully saturated rings. The highest BCUT2D eigenvalue weighted by atomic mass is 16.2. The van der Waals surface area contributed by atoms with E-state index in [4.69, 9.17) is 5.11 Å². The van der Waals surface area contributed by atoms with E-state index in [1.54, 1.807) is 0 Å². The van der Waals surface area contributed by atoms with Gasteiger partial charge in [-0.3, -0.25) is 0 Å². The summed E-state index contributed by atoms with van der Waals surface area (Å²) in [5, 5.41) is 12.3. The van der Waals surface area contributed by atoms with Crippen LogP contribution in [0.15, 0.2) is 0 Å². The van der Waals surface area contributed by atoms with E-state index in [9.17, 15) is 0 Å². The minimum Gasteiger partial charge on any atom is -0.396 e. The summed E-state index contributed by atoms with van der Waals surface area (Å²) in [6.45, 7) is 8.52. The second kappa shape index (κ2) is 5.86. The van der Waals surface area contributed by atoms with Gasteiger partial charge in [0.05, 0.1) is 0 Å². The molecule has 1 aliphatic carbocycles. The van der Waals surface area contributed by atoms with E-state index in [0.29, 0.717) is 18.1 Å². The largest absolute Gasteiger partial charge is 0.396 e. The normalized spacial score (nSPS) is 30.4. The molecule has 0 aromatic rings. The van der Waals surface area contributed by atoms with Gasteiger partial charge in [-0.15, -0.1) is 0 Å². The van der Waals surface area contributed by atoms with Crippen LogP contribution in [0.1, 0.15) is 52.9 Å². The van der Waals surface area contributed by atoms with Crippen molar-refractivity contribution in [3.05, 3.63) is 0 Å². The molecule has 0 aliphatic heterocycles. The van der Waals surface area contributed by atoms with Crippen molar-refractivity contribution in [3.8, 4) is 0 Å². The Morgan fingerprint density at radius 1 is 1.27 bits per heavy atom. The Hall–Kier alpha value is -0.0800. The fraction of sp³-hybridized carbons (Fsp3) is 1.00. The van der Waals surface area contributed by atoms with Gasteiger partial charge in [0.1, 0.15) is 0 Å². The first-order valence-corrected chi connectivity index (χ1v) is 6.38. The van der Waals surface area contributed by atoms with Gasteiger partial charge < -0.3 is 10.4 Å². The Balaban J connectivity index is 2.23. The Bertz CT molecular complexity index is 179. The number of unbranched alkanes of at least 4 members (excludes halogenated alkanes) is 1. The second-order valence-electron chi connectivity index (χ2n) is 6.00. The minimum atomic E-state index is 0.328. The van der Waals surface area contributed by atoms with Gasteiger partial charge in [0.15, 0.2) is 0 Å². The van der Waals surface area contributed by atoms with Crippen molar-refractivity contribution in [2.75, 3.05) is 13.2 Å². The van der Waals surface area contributed by atoms with Crippen LogP contribution in [-0.2, 0) is 0 Å². The first-order chi connectivity index (χ1) is 7.03. The molecule has 2 nitrogen and oxygen atoms in total. The van der Waals surface area contributed by atoms with E-state index in [2.05, 4.69) is 26.1 Å². The Morgan fingerprint density at radius 2 is 2.00 bits per heavy atom. The van der Waals surface area contributed by atoms with Crippen LogP contribution in [0, 0.1) is 11.3 Å². The van der Waals surface area contributed by atoms with Crippen LogP contribution < -0.4 is 5.32 Å². The van der Waals surface area contributed by atoms with E-state index in [1.807, 2.05) is 0 Å². The summed E-state index contributed by atoms with van der Waals surface area (Å²) in [5.74, 6) is 0.851. The number of aliphatic hydroxyl groups is 1. The maximum atomic E-state index is 8.70. The molecule has 0 saturated heterocycles. The average Bonchev–Trinajstić information content (AvgIpc) is 2.09. The fourth-order valence-electron chi connectivity index (χ4n) is 3.04. The quantitative estimate of drug-likeness (QED) is 0.688. The van der Waals surface area contributed by atoms with Crippen molar-refractivity contribution < 1.29 is 5.11 Å². The van der Waals surface area contributed by atoms with Crippen molar-refractivity contribution >= 4 is 0 Å². The SMILES string of the molecule is CC1CC(NCCCCO)CC(C)(C)C1. The Morgan fingerprint density at radius 3 is 2.60 bits per heavy atom. The van der Waals surface area contributed by atoms with E-state index < -0.39 is 0 Å². The van der Waals surface area contributed by atoms with Crippen LogP contribution in [0.25, 0.3) is 0 Å². The average molecular weight is 213 g/mol. The molecule has 0 aromatic heterocycles. The molecule has 0 bridgehead atoms. The molecule has 2 heteroatoms. The van der Waals surface area contributed by atoms with Gasteiger partial charge in [0.25, 0.3) is 0 Å². The molecule has 2 atom stereocenters. The fourth-order valence-corrected chi connectivity index (χ4v) is 3.04. The smallest absolute Gasteiger partial charge is 0.0431 e. The number of hydrogen-bond acceptors (Lipinski definition) is 2. The van der Waals surface area contributed by atoms with Crippen molar-refractivity contribution in [2.24, 2.45) is 11.3 Å². The lowest BCUT2D eigenvalue weighted by atomic mass is 9.70. The second-order valence-corrected chi connectivity index (χ2v) is 6.00. The van der Waals surface area contributed by atoms with Crippen LogP contribution in [-0.4, -0.2) is 24.3 Å². The minimum absolute atomic E-state index is 0.328. The highest BCUT2D eigenvalue weighted by Gasteiger charge is 2.31. The summed E-state index contributed by atoms with van der Waals surface area (Å²) < 4.78 is 0. The first-order valence-electron chi connectivity index (χ1n) is 6.38. The van der Waals surface area contributed by atoms with Crippen LogP contribution in [0.2, 0.25) is 0 Å². The molecule has 0 heterocycles. The highest BCUT2D eigenvalue weighted by Crippen LogP contribution is 2.38. The number of nitrogens with one attached hydrogen (secondary N) is 1. The predicted octanol–water partition coefficient (Wildman–Crippen LogP) is 2.56. The van der Waals surface area contributed by atoms with Crippen LogP contribution in [0.5, 0.6) is 0 Å². The van der Waals surface area contributed by atoms with Crippen molar-refractivity contribution in [3.63, 3.8) is 0 Å².